The highest BCUT2D eigenvalue weighted by Gasteiger charge is 2.09. The van der Waals surface area contributed by atoms with Crippen molar-refractivity contribution >= 4 is 11.6 Å². The first-order valence-corrected chi connectivity index (χ1v) is 8.50. The molecule has 0 aliphatic rings. The van der Waals surface area contributed by atoms with Gasteiger partial charge in [-0.2, -0.15) is 14.6 Å². The number of para-hydroxylation sites is 1. The van der Waals surface area contributed by atoms with E-state index in [9.17, 15) is 0 Å². The van der Waals surface area contributed by atoms with Gasteiger partial charge in [0, 0.05) is 11.6 Å². The van der Waals surface area contributed by atoms with Gasteiger partial charge >= 0.3 is 0 Å². The maximum atomic E-state index is 5.84. The Labute approximate surface area is 151 Å². The molecule has 0 spiro atoms. The summed E-state index contributed by atoms with van der Waals surface area (Å²) in [7, 11) is 0. The SMILES string of the molecule is Cc1ccccc1OCCNc1cc(-c2ccccc2)nc2ncnn12. The molecule has 0 atom stereocenters. The predicted molar refractivity (Wildman–Crippen MR) is 101 cm³/mol. The van der Waals surface area contributed by atoms with Crippen molar-refractivity contribution in [2.45, 2.75) is 6.92 Å². The Balaban J connectivity index is 1.51. The number of benzene rings is 2. The summed E-state index contributed by atoms with van der Waals surface area (Å²) >= 11 is 0. The van der Waals surface area contributed by atoms with E-state index in [2.05, 4.69) is 20.4 Å². The van der Waals surface area contributed by atoms with Crippen LogP contribution in [-0.4, -0.2) is 32.7 Å². The topological polar surface area (TPSA) is 64.3 Å². The first-order chi connectivity index (χ1) is 12.8. The van der Waals surface area contributed by atoms with Gasteiger partial charge in [0.1, 0.15) is 24.5 Å². The number of nitrogens with zero attached hydrogens (tertiary/aromatic N) is 4. The standard InChI is InChI=1S/C20H19N5O/c1-15-7-5-6-10-18(15)26-12-11-21-19-13-17(16-8-3-2-4-9-16)24-20-22-14-23-25(19)20/h2-10,13-14,21H,11-12H2,1H3. The first kappa shape index (κ1) is 16.1. The molecule has 0 fully saturated rings. The fourth-order valence-electron chi connectivity index (χ4n) is 2.75. The fraction of sp³-hybridized carbons (Fsp3) is 0.150. The molecule has 6 nitrogen and oxygen atoms in total. The Morgan fingerprint density at radius 3 is 2.69 bits per heavy atom. The highest BCUT2D eigenvalue weighted by Crippen LogP contribution is 2.21. The Morgan fingerprint density at radius 2 is 1.85 bits per heavy atom. The van der Waals surface area contributed by atoms with E-state index in [1.54, 1.807) is 4.52 Å². The van der Waals surface area contributed by atoms with Crippen LogP contribution in [0.1, 0.15) is 5.56 Å². The number of aromatic nitrogens is 4. The van der Waals surface area contributed by atoms with Crippen LogP contribution >= 0.6 is 0 Å². The molecule has 0 saturated carbocycles. The van der Waals surface area contributed by atoms with Crippen molar-refractivity contribution < 1.29 is 4.74 Å². The van der Waals surface area contributed by atoms with Crippen LogP contribution in [0.25, 0.3) is 17.0 Å². The normalized spacial score (nSPS) is 10.8. The number of ether oxygens (including phenoxy) is 1. The molecule has 4 aromatic rings. The second-order valence-electron chi connectivity index (χ2n) is 5.91. The Bertz CT molecular complexity index is 1010. The lowest BCUT2D eigenvalue weighted by Gasteiger charge is -2.12. The molecule has 1 N–H and O–H groups in total. The van der Waals surface area contributed by atoms with Gasteiger partial charge in [0.25, 0.3) is 5.78 Å². The average molecular weight is 345 g/mol. The van der Waals surface area contributed by atoms with E-state index in [-0.39, 0.29) is 0 Å². The summed E-state index contributed by atoms with van der Waals surface area (Å²) < 4.78 is 7.54. The zero-order valence-electron chi connectivity index (χ0n) is 14.5. The highest BCUT2D eigenvalue weighted by molar-refractivity contribution is 5.65. The van der Waals surface area contributed by atoms with Crippen molar-refractivity contribution in [3.8, 4) is 17.0 Å². The smallest absolute Gasteiger partial charge is 0.254 e. The summed E-state index contributed by atoms with van der Waals surface area (Å²) in [6.07, 6.45) is 1.51. The van der Waals surface area contributed by atoms with Gasteiger partial charge in [-0.15, -0.1) is 0 Å². The van der Waals surface area contributed by atoms with Crippen molar-refractivity contribution in [2.24, 2.45) is 0 Å². The molecule has 0 aliphatic carbocycles. The quantitative estimate of drug-likeness (QED) is 0.541. The van der Waals surface area contributed by atoms with E-state index in [1.165, 1.54) is 6.33 Å². The number of hydrogen-bond donors (Lipinski definition) is 1. The predicted octanol–water partition coefficient (Wildman–Crippen LogP) is 3.59. The number of fused-ring (bicyclic) bond motifs is 1. The second kappa shape index (κ2) is 7.23. The Hall–Kier alpha value is -3.41. The largest absolute Gasteiger partial charge is 0.491 e. The average Bonchev–Trinajstić information content (AvgIpc) is 3.16. The minimum atomic E-state index is 0.546. The van der Waals surface area contributed by atoms with E-state index >= 15 is 0 Å². The van der Waals surface area contributed by atoms with E-state index in [1.807, 2.05) is 67.6 Å². The van der Waals surface area contributed by atoms with Gasteiger partial charge in [-0.25, -0.2) is 4.98 Å². The van der Waals surface area contributed by atoms with E-state index in [0.717, 1.165) is 28.4 Å². The zero-order valence-corrected chi connectivity index (χ0v) is 14.5. The molecule has 0 aliphatic heterocycles. The lowest BCUT2D eigenvalue weighted by atomic mass is 10.1. The molecule has 0 saturated heterocycles. The number of rotatable bonds is 6. The first-order valence-electron chi connectivity index (χ1n) is 8.50. The molecule has 2 aromatic heterocycles. The molecule has 2 aromatic carbocycles. The van der Waals surface area contributed by atoms with Gasteiger partial charge in [-0.05, 0) is 18.6 Å². The summed E-state index contributed by atoms with van der Waals surface area (Å²) in [5.74, 6) is 2.30. The third-order valence-corrected chi connectivity index (χ3v) is 4.08. The third-order valence-electron chi connectivity index (χ3n) is 4.08. The van der Waals surface area contributed by atoms with Crippen LogP contribution in [0.4, 0.5) is 5.82 Å². The van der Waals surface area contributed by atoms with Crippen molar-refractivity contribution in [1.82, 2.24) is 19.6 Å². The highest BCUT2D eigenvalue weighted by atomic mass is 16.5. The Morgan fingerprint density at radius 1 is 1.04 bits per heavy atom. The molecular formula is C20H19N5O. The molecule has 26 heavy (non-hydrogen) atoms. The molecule has 6 heteroatoms. The Kier molecular flexibility index (Phi) is 4.47. The third kappa shape index (κ3) is 3.35. The summed E-state index contributed by atoms with van der Waals surface area (Å²) in [6.45, 7) is 3.22. The van der Waals surface area contributed by atoms with E-state index in [4.69, 9.17) is 4.74 Å². The van der Waals surface area contributed by atoms with Crippen molar-refractivity contribution in [3.05, 3.63) is 72.6 Å². The van der Waals surface area contributed by atoms with Crippen molar-refractivity contribution in [2.75, 3.05) is 18.5 Å². The molecule has 0 radical (unpaired) electrons. The van der Waals surface area contributed by atoms with Gasteiger partial charge in [0.05, 0.1) is 12.2 Å². The van der Waals surface area contributed by atoms with Gasteiger partial charge in [0.2, 0.25) is 0 Å². The number of hydrogen-bond acceptors (Lipinski definition) is 5. The van der Waals surface area contributed by atoms with Crippen LogP contribution in [0.5, 0.6) is 5.75 Å². The van der Waals surface area contributed by atoms with Gasteiger partial charge in [-0.1, -0.05) is 48.5 Å². The maximum Gasteiger partial charge on any atom is 0.254 e. The zero-order chi connectivity index (χ0) is 17.8. The maximum absolute atomic E-state index is 5.84. The molecule has 0 amide bonds. The van der Waals surface area contributed by atoms with Gasteiger partial charge in [0.15, 0.2) is 0 Å². The molecule has 0 bridgehead atoms. The monoisotopic (exact) mass is 345 g/mol. The summed E-state index contributed by atoms with van der Waals surface area (Å²) in [5, 5.41) is 7.61. The summed E-state index contributed by atoms with van der Waals surface area (Å²) in [5.41, 5.74) is 3.02. The van der Waals surface area contributed by atoms with E-state index < -0.39 is 0 Å². The van der Waals surface area contributed by atoms with Crippen LogP contribution < -0.4 is 10.1 Å². The molecule has 4 rings (SSSR count). The van der Waals surface area contributed by atoms with E-state index in [0.29, 0.717) is 18.9 Å². The molecule has 0 unspecified atom stereocenters. The molecule has 2 heterocycles. The summed E-state index contributed by atoms with van der Waals surface area (Å²) in [6, 6.07) is 20.0. The van der Waals surface area contributed by atoms with Gasteiger partial charge < -0.3 is 10.1 Å². The van der Waals surface area contributed by atoms with Crippen LogP contribution in [0, 0.1) is 6.92 Å². The molecular weight excluding hydrogens is 326 g/mol. The van der Waals surface area contributed by atoms with Crippen LogP contribution in [0.2, 0.25) is 0 Å². The van der Waals surface area contributed by atoms with Crippen LogP contribution in [0.15, 0.2) is 67.0 Å². The summed E-state index contributed by atoms with van der Waals surface area (Å²) in [4.78, 5) is 8.79. The second-order valence-corrected chi connectivity index (χ2v) is 5.91. The van der Waals surface area contributed by atoms with Crippen LogP contribution in [-0.2, 0) is 0 Å². The van der Waals surface area contributed by atoms with Crippen molar-refractivity contribution in [3.63, 3.8) is 0 Å². The lowest BCUT2D eigenvalue weighted by molar-refractivity contribution is 0.330. The van der Waals surface area contributed by atoms with Crippen molar-refractivity contribution in [1.29, 1.82) is 0 Å². The van der Waals surface area contributed by atoms with Gasteiger partial charge in [-0.3, -0.25) is 0 Å². The number of anilines is 1. The fourth-order valence-corrected chi connectivity index (χ4v) is 2.75. The minimum absolute atomic E-state index is 0.546. The number of aryl methyl sites for hydroxylation is 1. The minimum Gasteiger partial charge on any atom is -0.491 e. The lowest BCUT2D eigenvalue weighted by Crippen LogP contribution is -2.14. The van der Waals surface area contributed by atoms with Crippen LogP contribution in [0.3, 0.4) is 0 Å². The number of nitrogens with one attached hydrogen (secondary N) is 1. The molecule has 130 valence electrons.